The quantitative estimate of drug-likeness (QED) is 0.752. The van der Waals surface area contributed by atoms with Crippen molar-refractivity contribution in [2.24, 2.45) is 0 Å². The van der Waals surface area contributed by atoms with Crippen LogP contribution < -0.4 is 5.32 Å². The van der Waals surface area contributed by atoms with E-state index in [1.54, 1.807) is 24.5 Å². The van der Waals surface area contributed by atoms with Crippen LogP contribution in [0, 0.1) is 0 Å². The highest BCUT2D eigenvalue weighted by molar-refractivity contribution is 5.90. The van der Waals surface area contributed by atoms with E-state index >= 15 is 0 Å². The van der Waals surface area contributed by atoms with Crippen LogP contribution in [0.4, 0.5) is 5.69 Å². The summed E-state index contributed by atoms with van der Waals surface area (Å²) in [6.45, 7) is 6.52. The van der Waals surface area contributed by atoms with Crippen LogP contribution in [0.25, 0.3) is 11.4 Å². The number of aryl methyl sites for hydroxylation is 1. The monoisotopic (exact) mass is 350 g/mol. The summed E-state index contributed by atoms with van der Waals surface area (Å²) >= 11 is 0. The molecule has 3 rings (SSSR count). The van der Waals surface area contributed by atoms with Gasteiger partial charge in [-0.05, 0) is 23.1 Å². The lowest BCUT2D eigenvalue weighted by atomic mass is 9.87. The van der Waals surface area contributed by atoms with Crippen molar-refractivity contribution in [1.82, 2.24) is 15.1 Å². The standard InChI is InChI=1S/C20H22N4O2/c1-20(2,3)15-6-4-14(5-7-15)19-23-18(26-24-19)9-8-17(25)22-16-10-12-21-13-11-16/h4-7,10-13H,8-9H2,1-3H3,(H,21,22,25). The molecular formula is C20H22N4O2. The van der Waals surface area contributed by atoms with Crippen LogP contribution in [0.15, 0.2) is 53.3 Å². The fourth-order valence-corrected chi connectivity index (χ4v) is 2.47. The molecule has 0 unspecified atom stereocenters. The molecule has 0 radical (unpaired) electrons. The first-order chi connectivity index (χ1) is 12.4. The molecule has 6 heteroatoms. The molecule has 1 amide bonds. The molecule has 0 aliphatic carbocycles. The fraction of sp³-hybridized carbons (Fsp3) is 0.300. The molecule has 6 nitrogen and oxygen atoms in total. The lowest BCUT2D eigenvalue weighted by Gasteiger charge is -2.18. The van der Waals surface area contributed by atoms with Gasteiger partial charge in [0.05, 0.1) is 0 Å². The van der Waals surface area contributed by atoms with Gasteiger partial charge in [0.1, 0.15) is 0 Å². The van der Waals surface area contributed by atoms with Crippen LogP contribution in [0.2, 0.25) is 0 Å². The number of hydrogen-bond donors (Lipinski definition) is 1. The minimum absolute atomic E-state index is 0.100. The molecule has 134 valence electrons. The average molecular weight is 350 g/mol. The highest BCUT2D eigenvalue weighted by Crippen LogP contribution is 2.25. The summed E-state index contributed by atoms with van der Waals surface area (Å²) in [5, 5.41) is 6.82. The molecule has 0 fully saturated rings. The summed E-state index contributed by atoms with van der Waals surface area (Å²) in [7, 11) is 0. The summed E-state index contributed by atoms with van der Waals surface area (Å²) in [6.07, 6.45) is 3.92. The van der Waals surface area contributed by atoms with Crippen molar-refractivity contribution in [3.8, 4) is 11.4 Å². The van der Waals surface area contributed by atoms with Gasteiger partial charge in [-0.15, -0.1) is 0 Å². The van der Waals surface area contributed by atoms with E-state index < -0.39 is 0 Å². The van der Waals surface area contributed by atoms with E-state index in [9.17, 15) is 4.79 Å². The van der Waals surface area contributed by atoms with Crippen molar-refractivity contribution in [2.45, 2.75) is 39.0 Å². The van der Waals surface area contributed by atoms with Crippen molar-refractivity contribution < 1.29 is 9.32 Å². The Morgan fingerprint density at radius 2 is 1.77 bits per heavy atom. The van der Waals surface area contributed by atoms with Gasteiger partial charge >= 0.3 is 0 Å². The first kappa shape index (κ1) is 17.8. The molecule has 0 bridgehead atoms. The van der Waals surface area contributed by atoms with Crippen LogP contribution in [0.3, 0.4) is 0 Å². The number of nitrogens with one attached hydrogen (secondary N) is 1. The zero-order valence-corrected chi connectivity index (χ0v) is 15.2. The van der Waals surface area contributed by atoms with Crippen molar-refractivity contribution in [3.63, 3.8) is 0 Å². The fourth-order valence-electron chi connectivity index (χ4n) is 2.47. The van der Waals surface area contributed by atoms with Gasteiger partial charge in [-0.1, -0.05) is 50.2 Å². The second kappa shape index (κ2) is 7.47. The Kier molecular flexibility index (Phi) is 5.11. The smallest absolute Gasteiger partial charge is 0.227 e. The largest absolute Gasteiger partial charge is 0.339 e. The topological polar surface area (TPSA) is 80.9 Å². The van der Waals surface area contributed by atoms with Gasteiger partial charge in [-0.3, -0.25) is 9.78 Å². The van der Waals surface area contributed by atoms with Crippen molar-refractivity contribution >= 4 is 11.6 Å². The molecule has 3 aromatic rings. The Morgan fingerprint density at radius 1 is 1.08 bits per heavy atom. The molecule has 1 aromatic carbocycles. The Labute approximate surface area is 152 Å². The Hall–Kier alpha value is -3.02. The number of hydrogen-bond acceptors (Lipinski definition) is 5. The molecule has 0 aliphatic rings. The second-order valence-electron chi connectivity index (χ2n) is 7.12. The number of aromatic nitrogens is 3. The minimum Gasteiger partial charge on any atom is -0.339 e. The van der Waals surface area contributed by atoms with E-state index in [1.165, 1.54) is 5.56 Å². The normalized spacial score (nSPS) is 11.3. The van der Waals surface area contributed by atoms with E-state index in [0.29, 0.717) is 18.1 Å². The molecule has 0 saturated heterocycles. The van der Waals surface area contributed by atoms with Gasteiger partial charge < -0.3 is 9.84 Å². The van der Waals surface area contributed by atoms with Gasteiger partial charge in [0.25, 0.3) is 0 Å². The number of nitrogens with zero attached hydrogens (tertiary/aromatic N) is 3. The zero-order valence-electron chi connectivity index (χ0n) is 15.2. The minimum atomic E-state index is -0.106. The molecule has 0 atom stereocenters. The van der Waals surface area contributed by atoms with Crippen LogP contribution >= 0.6 is 0 Å². The molecule has 2 heterocycles. The van der Waals surface area contributed by atoms with Crippen LogP contribution in [0.5, 0.6) is 0 Å². The number of carbonyl (C=O) groups is 1. The third kappa shape index (κ3) is 4.53. The highest BCUT2D eigenvalue weighted by atomic mass is 16.5. The maximum absolute atomic E-state index is 12.0. The number of pyridine rings is 1. The molecule has 1 N–H and O–H groups in total. The molecule has 0 aliphatic heterocycles. The van der Waals surface area contributed by atoms with Gasteiger partial charge in [0, 0.05) is 36.5 Å². The molecule has 0 saturated carbocycles. The third-order valence-electron chi connectivity index (χ3n) is 4.01. The van der Waals surface area contributed by atoms with Crippen molar-refractivity contribution in [3.05, 3.63) is 60.2 Å². The molecule has 0 spiro atoms. The second-order valence-corrected chi connectivity index (χ2v) is 7.12. The summed E-state index contributed by atoms with van der Waals surface area (Å²) in [5.74, 6) is 0.880. The maximum atomic E-state index is 12.0. The molecule has 2 aromatic heterocycles. The number of amides is 1. The van der Waals surface area contributed by atoms with Crippen LogP contribution in [0.1, 0.15) is 38.6 Å². The summed E-state index contributed by atoms with van der Waals surface area (Å²) in [4.78, 5) is 20.3. The summed E-state index contributed by atoms with van der Waals surface area (Å²) < 4.78 is 5.27. The Morgan fingerprint density at radius 3 is 2.42 bits per heavy atom. The van der Waals surface area contributed by atoms with E-state index in [1.807, 2.05) is 12.1 Å². The Bertz CT molecular complexity index is 865. The lowest BCUT2D eigenvalue weighted by Crippen LogP contribution is -2.12. The predicted molar refractivity (Wildman–Crippen MR) is 99.6 cm³/mol. The van der Waals surface area contributed by atoms with E-state index in [0.717, 1.165) is 11.3 Å². The van der Waals surface area contributed by atoms with Crippen molar-refractivity contribution in [2.75, 3.05) is 5.32 Å². The summed E-state index contributed by atoms with van der Waals surface area (Å²) in [5.41, 5.74) is 2.96. The number of anilines is 1. The highest BCUT2D eigenvalue weighted by Gasteiger charge is 2.15. The SMILES string of the molecule is CC(C)(C)c1ccc(-c2noc(CCC(=O)Nc3ccncc3)n2)cc1. The molecule has 26 heavy (non-hydrogen) atoms. The number of benzene rings is 1. The number of rotatable bonds is 5. The van der Waals surface area contributed by atoms with E-state index in [4.69, 9.17) is 4.52 Å². The third-order valence-corrected chi connectivity index (χ3v) is 4.01. The molecular weight excluding hydrogens is 328 g/mol. The lowest BCUT2D eigenvalue weighted by molar-refractivity contribution is -0.116. The van der Waals surface area contributed by atoms with Gasteiger partial charge in [0.2, 0.25) is 17.6 Å². The van der Waals surface area contributed by atoms with Gasteiger partial charge in [-0.25, -0.2) is 0 Å². The van der Waals surface area contributed by atoms with Crippen LogP contribution in [-0.2, 0) is 16.6 Å². The predicted octanol–water partition coefficient (Wildman–Crippen LogP) is 4.00. The van der Waals surface area contributed by atoms with Gasteiger partial charge in [0.15, 0.2) is 0 Å². The summed E-state index contributed by atoms with van der Waals surface area (Å²) in [6, 6.07) is 11.6. The van der Waals surface area contributed by atoms with Gasteiger partial charge in [-0.2, -0.15) is 4.98 Å². The van der Waals surface area contributed by atoms with E-state index in [2.05, 4.69) is 53.3 Å². The average Bonchev–Trinajstić information content (AvgIpc) is 3.09. The van der Waals surface area contributed by atoms with Crippen LogP contribution in [-0.4, -0.2) is 21.0 Å². The first-order valence-electron chi connectivity index (χ1n) is 8.55. The van der Waals surface area contributed by atoms with E-state index in [-0.39, 0.29) is 17.7 Å². The maximum Gasteiger partial charge on any atom is 0.227 e. The first-order valence-corrected chi connectivity index (χ1v) is 8.55. The Balaban J connectivity index is 1.58. The zero-order chi connectivity index (χ0) is 18.6. The number of carbonyl (C=O) groups excluding carboxylic acids is 1. The van der Waals surface area contributed by atoms with Crippen molar-refractivity contribution in [1.29, 1.82) is 0 Å².